The second-order valence-corrected chi connectivity index (χ2v) is 5.52. The molecule has 1 N–H and O–H groups in total. The highest BCUT2D eigenvalue weighted by Crippen LogP contribution is 2.25. The molecular weight excluding hydrogens is 241 g/mol. The summed E-state index contributed by atoms with van der Waals surface area (Å²) in [4.78, 5) is 12.4. The van der Waals surface area contributed by atoms with Crippen LogP contribution in [0.25, 0.3) is 0 Å². The van der Waals surface area contributed by atoms with Crippen molar-refractivity contribution in [1.29, 1.82) is 0 Å². The van der Waals surface area contributed by atoms with Gasteiger partial charge in [-0.25, -0.2) is 4.39 Å². The lowest BCUT2D eigenvalue weighted by Crippen LogP contribution is -2.44. The van der Waals surface area contributed by atoms with Crippen molar-refractivity contribution in [2.75, 3.05) is 6.54 Å². The van der Waals surface area contributed by atoms with Crippen molar-refractivity contribution in [3.8, 4) is 0 Å². The number of ketones is 1. The van der Waals surface area contributed by atoms with Crippen LogP contribution in [-0.2, 0) is 0 Å². The van der Waals surface area contributed by atoms with Gasteiger partial charge < -0.3 is 5.32 Å². The van der Waals surface area contributed by atoms with E-state index in [1.807, 2.05) is 6.92 Å². The standard InChI is InChI=1S/C16H22FNO/c1-3-12-8-9-18-15(10-12)11(2)16(19)13-4-6-14(17)7-5-13/h4-7,11-12,15,18H,3,8-10H2,1-2H3. The van der Waals surface area contributed by atoms with Crippen molar-refractivity contribution in [2.24, 2.45) is 11.8 Å². The lowest BCUT2D eigenvalue weighted by molar-refractivity contribution is 0.0878. The number of halogens is 1. The van der Waals surface area contributed by atoms with Crippen LogP contribution in [0.15, 0.2) is 24.3 Å². The quantitative estimate of drug-likeness (QED) is 0.843. The van der Waals surface area contributed by atoms with E-state index in [2.05, 4.69) is 12.2 Å². The van der Waals surface area contributed by atoms with Gasteiger partial charge in [0.15, 0.2) is 5.78 Å². The number of carbonyl (C=O) groups is 1. The Labute approximate surface area is 114 Å². The molecule has 0 radical (unpaired) electrons. The third-order valence-electron chi connectivity index (χ3n) is 4.27. The van der Waals surface area contributed by atoms with E-state index in [1.165, 1.54) is 25.0 Å². The largest absolute Gasteiger partial charge is 0.313 e. The fourth-order valence-electron chi connectivity index (χ4n) is 2.84. The third-order valence-corrected chi connectivity index (χ3v) is 4.27. The summed E-state index contributed by atoms with van der Waals surface area (Å²) < 4.78 is 12.9. The van der Waals surface area contributed by atoms with E-state index in [-0.39, 0.29) is 23.6 Å². The average molecular weight is 263 g/mol. The predicted molar refractivity (Wildman–Crippen MR) is 74.7 cm³/mol. The van der Waals surface area contributed by atoms with Crippen LogP contribution in [0, 0.1) is 17.7 Å². The lowest BCUT2D eigenvalue weighted by atomic mass is 9.82. The molecule has 0 aliphatic carbocycles. The smallest absolute Gasteiger partial charge is 0.167 e. The predicted octanol–water partition coefficient (Wildman–Crippen LogP) is 3.42. The Morgan fingerprint density at radius 2 is 2.11 bits per heavy atom. The summed E-state index contributed by atoms with van der Waals surface area (Å²) in [6.45, 7) is 5.17. The Bertz CT molecular complexity index is 429. The molecule has 3 heteroatoms. The topological polar surface area (TPSA) is 29.1 Å². The Hall–Kier alpha value is -1.22. The summed E-state index contributed by atoms with van der Waals surface area (Å²) in [5.74, 6) is 0.467. The summed E-state index contributed by atoms with van der Waals surface area (Å²) in [7, 11) is 0. The van der Waals surface area contributed by atoms with Gasteiger partial charge in [-0.15, -0.1) is 0 Å². The Balaban J connectivity index is 2.04. The normalized spacial score (nSPS) is 25.0. The minimum Gasteiger partial charge on any atom is -0.313 e. The zero-order valence-electron chi connectivity index (χ0n) is 11.7. The van der Waals surface area contributed by atoms with Gasteiger partial charge in [-0.3, -0.25) is 4.79 Å². The molecule has 0 saturated carbocycles. The zero-order chi connectivity index (χ0) is 13.8. The van der Waals surface area contributed by atoms with E-state index in [0.29, 0.717) is 5.56 Å². The van der Waals surface area contributed by atoms with Crippen molar-refractivity contribution in [2.45, 2.75) is 39.2 Å². The number of piperidine rings is 1. The number of rotatable bonds is 4. The summed E-state index contributed by atoms with van der Waals surface area (Å²) in [5, 5.41) is 3.45. The average Bonchev–Trinajstić information content (AvgIpc) is 2.46. The minimum atomic E-state index is -0.300. The monoisotopic (exact) mass is 263 g/mol. The van der Waals surface area contributed by atoms with Crippen LogP contribution in [0.5, 0.6) is 0 Å². The number of Topliss-reactive ketones (excluding diaryl/α,β-unsaturated/α-hetero) is 1. The molecule has 1 aromatic rings. The SMILES string of the molecule is CCC1CCNC(C(C)C(=O)c2ccc(F)cc2)C1. The Kier molecular flexibility index (Phi) is 4.70. The second-order valence-electron chi connectivity index (χ2n) is 5.52. The maximum absolute atomic E-state index is 12.9. The van der Waals surface area contributed by atoms with Crippen LogP contribution in [-0.4, -0.2) is 18.4 Å². The van der Waals surface area contributed by atoms with E-state index in [9.17, 15) is 9.18 Å². The maximum atomic E-state index is 12.9. The van der Waals surface area contributed by atoms with Crippen molar-refractivity contribution in [1.82, 2.24) is 5.32 Å². The molecule has 1 fully saturated rings. The van der Waals surface area contributed by atoms with Gasteiger partial charge in [0.1, 0.15) is 5.82 Å². The molecule has 1 heterocycles. The van der Waals surface area contributed by atoms with Crippen molar-refractivity contribution >= 4 is 5.78 Å². The molecule has 0 spiro atoms. The highest BCUT2D eigenvalue weighted by Gasteiger charge is 2.29. The highest BCUT2D eigenvalue weighted by atomic mass is 19.1. The maximum Gasteiger partial charge on any atom is 0.167 e. The molecule has 0 amide bonds. The van der Waals surface area contributed by atoms with Crippen molar-refractivity contribution in [3.63, 3.8) is 0 Å². The molecule has 104 valence electrons. The van der Waals surface area contributed by atoms with Gasteiger partial charge in [0, 0.05) is 17.5 Å². The number of carbonyl (C=O) groups excluding carboxylic acids is 1. The molecule has 1 saturated heterocycles. The summed E-state index contributed by atoms with van der Waals surface area (Å²) in [5.41, 5.74) is 0.606. The number of hydrogen-bond donors (Lipinski definition) is 1. The van der Waals surface area contributed by atoms with Crippen LogP contribution in [0.2, 0.25) is 0 Å². The number of benzene rings is 1. The molecule has 2 nitrogen and oxygen atoms in total. The van der Waals surface area contributed by atoms with Gasteiger partial charge in [-0.2, -0.15) is 0 Å². The van der Waals surface area contributed by atoms with Gasteiger partial charge in [0.2, 0.25) is 0 Å². The first-order chi connectivity index (χ1) is 9.11. The Morgan fingerprint density at radius 3 is 2.74 bits per heavy atom. The van der Waals surface area contributed by atoms with Crippen LogP contribution in [0.3, 0.4) is 0 Å². The van der Waals surface area contributed by atoms with Crippen LogP contribution >= 0.6 is 0 Å². The van der Waals surface area contributed by atoms with Crippen LogP contribution in [0.4, 0.5) is 4.39 Å². The molecule has 19 heavy (non-hydrogen) atoms. The molecule has 0 aromatic heterocycles. The lowest BCUT2D eigenvalue weighted by Gasteiger charge is -2.33. The van der Waals surface area contributed by atoms with Gasteiger partial charge >= 0.3 is 0 Å². The van der Waals surface area contributed by atoms with Crippen molar-refractivity contribution in [3.05, 3.63) is 35.6 Å². The fraction of sp³-hybridized carbons (Fsp3) is 0.562. The first kappa shape index (κ1) is 14.2. The molecule has 3 unspecified atom stereocenters. The zero-order valence-corrected chi connectivity index (χ0v) is 11.7. The van der Waals surface area contributed by atoms with Crippen LogP contribution < -0.4 is 5.32 Å². The van der Waals surface area contributed by atoms with E-state index >= 15 is 0 Å². The third kappa shape index (κ3) is 3.41. The summed E-state index contributed by atoms with van der Waals surface area (Å²) >= 11 is 0. The molecule has 1 aromatic carbocycles. The molecule has 1 aliphatic heterocycles. The van der Waals surface area contributed by atoms with Gasteiger partial charge in [0.05, 0.1) is 0 Å². The van der Waals surface area contributed by atoms with E-state index < -0.39 is 0 Å². The van der Waals surface area contributed by atoms with E-state index in [1.54, 1.807) is 12.1 Å². The van der Waals surface area contributed by atoms with Crippen LogP contribution in [0.1, 0.15) is 43.5 Å². The fourth-order valence-corrected chi connectivity index (χ4v) is 2.84. The van der Waals surface area contributed by atoms with Gasteiger partial charge in [-0.05, 0) is 49.6 Å². The molecular formula is C16H22FNO. The number of hydrogen-bond acceptors (Lipinski definition) is 2. The molecule has 0 bridgehead atoms. The second kappa shape index (κ2) is 6.29. The molecule has 3 atom stereocenters. The highest BCUT2D eigenvalue weighted by molar-refractivity contribution is 5.98. The number of nitrogens with one attached hydrogen (secondary N) is 1. The first-order valence-electron chi connectivity index (χ1n) is 7.15. The van der Waals surface area contributed by atoms with E-state index in [4.69, 9.17) is 0 Å². The van der Waals surface area contributed by atoms with Crippen molar-refractivity contribution < 1.29 is 9.18 Å². The van der Waals surface area contributed by atoms with Gasteiger partial charge in [-0.1, -0.05) is 20.3 Å². The summed E-state index contributed by atoms with van der Waals surface area (Å²) in [6, 6.07) is 6.10. The van der Waals surface area contributed by atoms with Gasteiger partial charge in [0.25, 0.3) is 0 Å². The first-order valence-corrected chi connectivity index (χ1v) is 7.15. The molecule has 2 rings (SSSR count). The summed E-state index contributed by atoms with van der Waals surface area (Å²) in [6.07, 6.45) is 3.44. The Morgan fingerprint density at radius 1 is 1.42 bits per heavy atom. The molecule has 1 aliphatic rings. The van der Waals surface area contributed by atoms with E-state index in [0.717, 1.165) is 18.9 Å². The minimum absolute atomic E-state index is 0.0557.